The summed E-state index contributed by atoms with van der Waals surface area (Å²) in [6.45, 7) is 1.57. The minimum absolute atomic E-state index is 0.0344. The average Bonchev–Trinajstić information content (AvgIpc) is 2.96. The Morgan fingerprint density at radius 3 is 2.58 bits per heavy atom. The largest absolute Gasteiger partial charge is 0.508 e. The molecule has 0 aromatic heterocycles. The van der Waals surface area contributed by atoms with Gasteiger partial charge in [-0.15, -0.1) is 0 Å². The highest BCUT2D eigenvalue weighted by Crippen LogP contribution is 2.56. The molecule has 4 unspecified atom stereocenters. The minimum atomic E-state index is -0.808. The lowest BCUT2D eigenvalue weighted by Gasteiger charge is -2.42. The number of carbonyl (C=O) groups is 4. The highest BCUT2D eigenvalue weighted by molar-refractivity contribution is 9.10. The highest BCUT2D eigenvalue weighted by atomic mass is 79.9. The van der Waals surface area contributed by atoms with Gasteiger partial charge in [-0.1, -0.05) is 27.6 Å². The summed E-state index contributed by atoms with van der Waals surface area (Å²) in [5.41, 5.74) is 2.11. The number of Topliss-reactive ketones (excluding diaryl/α,β-unsaturated/α-hetero) is 1. The van der Waals surface area contributed by atoms with Crippen LogP contribution in [0.25, 0.3) is 0 Å². The van der Waals surface area contributed by atoms with E-state index in [4.69, 9.17) is 0 Å². The van der Waals surface area contributed by atoms with Crippen molar-refractivity contribution in [1.82, 2.24) is 5.06 Å². The van der Waals surface area contributed by atoms with E-state index < -0.39 is 35.5 Å². The summed E-state index contributed by atoms with van der Waals surface area (Å²) in [6.07, 6.45) is 3.52. The second-order valence-electron chi connectivity index (χ2n) is 8.42. The molecule has 1 aromatic carbocycles. The molecule has 2 amide bonds. The standard InChI is InChI=1S/C23H18BrNO6/c1-9-6-17(27)20-15(21(9)28)8-13-11(18(20)14-7-10(24)2-5-16(14)26)3-4-12-19(13)23(30)25(31)22(12)29/h2-3,5-7,12-13,18-19,26,31H,4,8H2,1H3. The number of amides is 2. The first kappa shape index (κ1) is 20.1. The number of nitrogens with zero attached hydrogens (tertiary/aromatic N) is 1. The van der Waals surface area contributed by atoms with Crippen molar-refractivity contribution >= 4 is 39.3 Å². The monoisotopic (exact) mass is 483 g/mol. The van der Waals surface area contributed by atoms with Crippen molar-refractivity contribution in [2.45, 2.75) is 25.7 Å². The van der Waals surface area contributed by atoms with Crippen LogP contribution in [0.5, 0.6) is 5.75 Å². The van der Waals surface area contributed by atoms with Crippen LogP contribution in [0.3, 0.4) is 0 Å². The zero-order chi connectivity index (χ0) is 22.2. The van der Waals surface area contributed by atoms with E-state index in [-0.39, 0.29) is 35.2 Å². The van der Waals surface area contributed by atoms with Gasteiger partial charge < -0.3 is 5.11 Å². The number of benzene rings is 1. The molecule has 0 saturated carbocycles. The average molecular weight is 484 g/mol. The number of hydrogen-bond acceptors (Lipinski definition) is 6. The number of hydroxylamine groups is 2. The van der Waals surface area contributed by atoms with Crippen molar-refractivity contribution in [2.24, 2.45) is 17.8 Å². The van der Waals surface area contributed by atoms with Crippen molar-refractivity contribution in [3.05, 3.63) is 62.7 Å². The molecule has 158 valence electrons. The maximum Gasteiger partial charge on any atom is 0.257 e. The fourth-order valence-corrected chi connectivity index (χ4v) is 5.86. The molecule has 31 heavy (non-hydrogen) atoms. The number of carbonyl (C=O) groups excluding carboxylic acids is 4. The van der Waals surface area contributed by atoms with Gasteiger partial charge in [-0.05, 0) is 50.0 Å². The molecule has 1 fully saturated rings. The number of rotatable bonds is 1. The Morgan fingerprint density at radius 2 is 1.84 bits per heavy atom. The second kappa shape index (κ2) is 6.83. The number of allylic oxidation sites excluding steroid dienone is 6. The maximum absolute atomic E-state index is 13.1. The molecule has 4 atom stereocenters. The Labute approximate surface area is 185 Å². The lowest BCUT2D eigenvalue weighted by atomic mass is 9.59. The maximum atomic E-state index is 13.1. The first-order chi connectivity index (χ1) is 14.7. The van der Waals surface area contributed by atoms with Crippen LogP contribution in [0.1, 0.15) is 31.2 Å². The molecule has 2 N–H and O–H groups in total. The van der Waals surface area contributed by atoms with Crippen LogP contribution in [-0.2, 0) is 19.2 Å². The highest BCUT2D eigenvalue weighted by Gasteiger charge is 2.56. The fourth-order valence-electron chi connectivity index (χ4n) is 5.48. The van der Waals surface area contributed by atoms with Gasteiger partial charge in [0.15, 0.2) is 11.6 Å². The molecule has 3 aliphatic carbocycles. The summed E-state index contributed by atoms with van der Waals surface area (Å²) < 4.78 is 0.689. The van der Waals surface area contributed by atoms with Gasteiger partial charge in [0.2, 0.25) is 0 Å². The quantitative estimate of drug-likeness (QED) is 0.275. The van der Waals surface area contributed by atoms with Crippen LogP contribution in [0.15, 0.2) is 57.1 Å². The summed E-state index contributed by atoms with van der Waals surface area (Å²) in [6, 6.07) is 4.87. The summed E-state index contributed by atoms with van der Waals surface area (Å²) >= 11 is 3.40. The number of hydrogen-bond donors (Lipinski definition) is 2. The number of imide groups is 1. The smallest absolute Gasteiger partial charge is 0.257 e. The number of phenols is 1. The van der Waals surface area contributed by atoms with Gasteiger partial charge in [-0.2, -0.15) is 5.06 Å². The molecule has 4 aliphatic rings. The molecule has 0 bridgehead atoms. The Kier molecular flexibility index (Phi) is 4.43. The number of halogens is 1. The first-order valence-corrected chi connectivity index (χ1v) is 10.8. The zero-order valence-electron chi connectivity index (χ0n) is 16.5. The third-order valence-corrected chi connectivity index (χ3v) is 7.33. The van der Waals surface area contributed by atoms with Gasteiger partial charge in [0.05, 0.1) is 11.8 Å². The van der Waals surface area contributed by atoms with Crippen LogP contribution >= 0.6 is 15.9 Å². The number of aromatic hydroxyl groups is 1. The SMILES string of the molecule is CC1=CC(=O)C2=C(CC3C(=CCC4C(=O)N(O)C(=O)C43)C2c2cc(Br)ccc2O)C1=O. The van der Waals surface area contributed by atoms with E-state index in [0.29, 0.717) is 26.8 Å². The van der Waals surface area contributed by atoms with Gasteiger partial charge >= 0.3 is 0 Å². The predicted octanol–water partition coefficient (Wildman–Crippen LogP) is 2.97. The third kappa shape index (κ3) is 2.74. The molecule has 0 spiro atoms. The zero-order valence-corrected chi connectivity index (χ0v) is 18.0. The van der Waals surface area contributed by atoms with Gasteiger partial charge in [0.1, 0.15) is 5.75 Å². The van der Waals surface area contributed by atoms with E-state index >= 15 is 0 Å². The summed E-state index contributed by atoms with van der Waals surface area (Å²) in [7, 11) is 0. The Hall–Kier alpha value is -2.84. The van der Waals surface area contributed by atoms with Crippen molar-refractivity contribution in [2.75, 3.05) is 0 Å². The van der Waals surface area contributed by atoms with Crippen molar-refractivity contribution in [3.8, 4) is 5.75 Å². The molecule has 0 radical (unpaired) electrons. The van der Waals surface area contributed by atoms with Crippen LogP contribution in [-0.4, -0.2) is 38.8 Å². The second-order valence-corrected chi connectivity index (χ2v) is 9.34. The molecule has 8 heteroatoms. The van der Waals surface area contributed by atoms with E-state index in [1.807, 2.05) is 6.08 Å². The van der Waals surface area contributed by atoms with Crippen molar-refractivity contribution < 1.29 is 29.5 Å². The number of fused-ring (bicyclic) bond motifs is 3. The molecular formula is C23H18BrNO6. The lowest BCUT2D eigenvalue weighted by Crippen LogP contribution is -2.39. The Balaban J connectivity index is 1.75. The lowest BCUT2D eigenvalue weighted by molar-refractivity contribution is -0.173. The molecule has 1 heterocycles. The predicted molar refractivity (Wildman–Crippen MR) is 111 cm³/mol. The van der Waals surface area contributed by atoms with Crippen LogP contribution in [0.4, 0.5) is 0 Å². The van der Waals surface area contributed by atoms with Gasteiger partial charge in [0.25, 0.3) is 11.8 Å². The molecular weight excluding hydrogens is 466 g/mol. The van der Waals surface area contributed by atoms with E-state index in [1.165, 1.54) is 12.1 Å². The van der Waals surface area contributed by atoms with E-state index in [1.54, 1.807) is 19.1 Å². The van der Waals surface area contributed by atoms with Crippen LogP contribution in [0.2, 0.25) is 0 Å². The minimum Gasteiger partial charge on any atom is -0.508 e. The van der Waals surface area contributed by atoms with Crippen molar-refractivity contribution in [3.63, 3.8) is 0 Å². The normalized spacial score (nSPS) is 30.1. The molecule has 1 aromatic rings. The van der Waals surface area contributed by atoms with E-state index in [0.717, 1.165) is 5.57 Å². The van der Waals surface area contributed by atoms with Gasteiger partial charge in [-0.3, -0.25) is 24.4 Å². The molecule has 5 rings (SSSR count). The first-order valence-electron chi connectivity index (χ1n) is 9.96. The number of phenolic OH excluding ortho intramolecular Hbond substituents is 1. The summed E-state index contributed by atoms with van der Waals surface area (Å²) in [5.74, 6) is -4.69. The summed E-state index contributed by atoms with van der Waals surface area (Å²) in [5, 5.41) is 20.8. The van der Waals surface area contributed by atoms with Gasteiger partial charge in [0, 0.05) is 32.7 Å². The van der Waals surface area contributed by atoms with E-state index in [2.05, 4.69) is 15.9 Å². The summed E-state index contributed by atoms with van der Waals surface area (Å²) in [4.78, 5) is 51.2. The van der Waals surface area contributed by atoms with Crippen LogP contribution < -0.4 is 0 Å². The Morgan fingerprint density at radius 1 is 1.10 bits per heavy atom. The number of ketones is 2. The Bertz CT molecular complexity index is 1190. The van der Waals surface area contributed by atoms with E-state index in [9.17, 15) is 29.5 Å². The fraction of sp³-hybridized carbons (Fsp3) is 0.304. The van der Waals surface area contributed by atoms with Gasteiger partial charge in [-0.25, -0.2) is 0 Å². The topological polar surface area (TPSA) is 112 Å². The third-order valence-electron chi connectivity index (χ3n) is 6.84. The molecule has 7 nitrogen and oxygen atoms in total. The molecule has 1 aliphatic heterocycles. The van der Waals surface area contributed by atoms with Crippen molar-refractivity contribution in [1.29, 1.82) is 0 Å². The van der Waals surface area contributed by atoms with Crippen LogP contribution in [0, 0.1) is 17.8 Å². The molecule has 1 saturated heterocycles.